The molecule has 1 saturated heterocycles. The minimum Gasteiger partial charge on any atom is -0.497 e. The van der Waals surface area contributed by atoms with Gasteiger partial charge in [0.2, 0.25) is 0 Å². The number of nitrogens with one attached hydrogen (secondary N) is 1. The number of methoxy groups -OCH3 is 1. The Morgan fingerprint density at radius 2 is 1.94 bits per heavy atom. The normalized spacial score (nSPS) is 22.0. The minimum atomic E-state index is -0.206. The van der Waals surface area contributed by atoms with Crippen LogP contribution < -0.4 is 10.3 Å². The maximum Gasteiger partial charge on any atom is 0.254 e. The second-order valence-corrected chi connectivity index (χ2v) is 9.28. The van der Waals surface area contributed by atoms with E-state index in [1.54, 1.807) is 13.2 Å². The van der Waals surface area contributed by atoms with Crippen LogP contribution >= 0.6 is 0 Å². The molecule has 1 aromatic carbocycles. The van der Waals surface area contributed by atoms with Crippen LogP contribution in [0.2, 0.25) is 0 Å². The predicted molar refractivity (Wildman–Crippen MR) is 122 cm³/mol. The first-order valence-corrected chi connectivity index (χ1v) is 11.9. The molecule has 7 nitrogen and oxygen atoms in total. The summed E-state index contributed by atoms with van der Waals surface area (Å²) in [7, 11) is 1.60. The quantitative estimate of drug-likeness (QED) is 0.794. The second kappa shape index (κ2) is 9.06. The number of piperidine rings is 1. The molecule has 2 aliphatic heterocycles. The average Bonchev–Trinajstić information content (AvgIpc) is 3.38. The fraction of sp³-hybridized carbons (Fsp3) is 0.560. The number of aromatic nitrogens is 2. The number of fused-ring (bicyclic) bond motifs is 1. The lowest BCUT2D eigenvalue weighted by Gasteiger charge is -2.36. The van der Waals surface area contributed by atoms with Crippen molar-refractivity contribution in [3.8, 4) is 5.75 Å². The van der Waals surface area contributed by atoms with E-state index in [4.69, 9.17) is 9.72 Å². The lowest BCUT2D eigenvalue weighted by molar-refractivity contribution is 0.0598. The van der Waals surface area contributed by atoms with Crippen LogP contribution in [0.1, 0.15) is 78.4 Å². The summed E-state index contributed by atoms with van der Waals surface area (Å²) in [6.45, 7) is 2.34. The van der Waals surface area contributed by atoms with Crippen LogP contribution in [0, 0.1) is 0 Å². The van der Waals surface area contributed by atoms with Crippen LogP contribution in [0.5, 0.6) is 5.75 Å². The maximum atomic E-state index is 13.4. The Hall–Kier alpha value is -2.67. The zero-order chi connectivity index (χ0) is 22.1. The van der Waals surface area contributed by atoms with Gasteiger partial charge in [-0.05, 0) is 56.7 Å². The van der Waals surface area contributed by atoms with E-state index >= 15 is 0 Å². The molecule has 3 heterocycles. The molecule has 1 saturated carbocycles. The van der Waals surface area contributed by atoms with E-state index in [2.05, 4.69) is 9.88 Å². The highest BCUT2D eigenvalue weighted by atomic mass is 16.5. The van der Waals surface area contributed by atoms with E-state index in [0.717, 1.165) is 50.0 Å². The fourth-order valence-electron chi connectivity index (χ4n) is 5.60. The number of likely N-dealkylation sites (tertiary alicyclic amines) is 1. The number of aromatic amines is 1. The first-order valence-electron chi connectivity index (χ1n) is 11.9. The van der Waals surface area contributed by atoms with E-state index in [1.165, 1.54) is 25.7 Å². The zero-order valence-electron chi connectivity index (χ0n) is 18.8. The van der Waals surface area contributed by atoms with Crippen LogP contribution in [-0.4, -0.2) is 51.9 Å². The van der Waals surface area contributed by atoms with Gasteiger partial charge in [-0.3, -0.25) is 14.5 Å². The van der Waals surface area contributed by atoms with Crippen LogP contribution in [0.15, 0.2) is 29.1 Å². The van der Waals surface area contributed by atoms with E-state index in [0.29, 0.717) is 29.7 Å². The van der Waals surface area contributed by atoms with Crippen molar-refractivity contribution < 1.29 is 9.53 Å². The average molecular weight is 437 g/mol. The molecule has 1 aromatic heterocycles. The number of rotatable bonds is 4. The summed E-state index contributed by atoms with van der Waals surface area (Å²) in [5, 5.41) is 0. The molecule has 170 valence electrons. The number of hydrogen-bond donors (Lipinski definition) is 1. The number of amides is 1. The molecule has 2 fully saturated rings. The van der Waals surface area contributed by atoms with Crippen molar-refractivity contribution in [3.05, 3.63) is 57.3 Å². The number of carbonyl (C=O) groups excluding carboxylic acids is 1. The molecule has 5 rings (SSSR count). The summed E-state index contributed by atoms with van der Waals surface area (Å²) >= 11 is 0. The lowest BCUT2D eigenvalue weighted by atomic mass is 9.98. The van der Waals surface area contributed by atoms with Crippen molar-refractivity contribution in [2.75, 3.05) is 20.2 Å². The first kappa shape index (κ1) is 21.2. The summed E-state index contributed by atoms with van der Waals surface area (Å²) < 4.78 is 5.30. The van der Waals surface area contributed by atoms with Gasteiger partial charge in [0.25, 0.3) is 11.5 Å². The summed E-state index contributed by atoms with van der Waals surface area (Å²) in [5.74, 6) is 1.26. The van der Waals surface area contributed by atoms with Crippen molar-refractivity contribution in [3.63, 3.8) is 0 Å². The molecule has 0 unspecified atom stereocenters. The van der Waals surface area contributed by atoms with Gasteiger partial charge >= 0.3 is 0 Å². The van der Waals surface area contributed by atoms with Crippen molar-refractivity contribution in [1.29, 1.82) is 0 Å². The highest BCUT2D eigenvalue weighted by Crippen LogP contribution is 2.32. The van der Waals surface area contributed by atoms with Gasteiger partial charge in [-0.15, -0.1) is 0 Å². The molecule has 1 aliphatic carbocycles. The molecule has 0 spiro atoms. The van der Waals surface area contributed by atoms with Gasteiger partial charge in [0.05, 0.1) is 18.8 Å². The Morgan fingerprint density at radius 3 is 2.75 bits per heavy atom. The van der Waals surface area contributed by atoms with Crippen molar-refractivity contribution in [1.82, 2.24) is 19.8 Å². The van der Waals surface area contributed by atoms with E-state index < -0.39 is 0 Å². The number of benzene rings is 1. The van der Waals surface area contributed by atoms with Crippen molar-refractivity contribution in [2.24, 2.45) is 0 Å². The molecule has 3 aliphatic rings. The van der Waals surface area contributed by atoms with Gasteiger partial charge < -0.3 is 14.6 Å². The molecule has 0 bridgehead atoms. The summed E-state index contributed by atoms with van der Waals surface area (Å²) in [4.78, 5) is 38.7. The zero-order valence-corrected chi connectivity index (χ0v) is 18.8. The van der Waals surface area contributed by atoms with Crippen molar-refractivity contribution in [2.45, 2.75) is 70.0 Å². The van der Waals surface area contributed by atoms with Gasteiger partial charge in [0, 0.05) is 36.8 Å². The fourth-order valence-corrected chi connectivity index (χ4v) is 5.60. The standard InChI is InChI=1S/C25H32N4O3/c1-32-19-10-6-7-17(15-19)25(31)29-13-5-4-11-22(29)23-26-21-16-28(18-8-2-3-9-18)14-12-20(21)24(30)27-23/h6-7,10,15,18,22H,2-5,8-9,11-14,16H2,1H3,(H,26,27,30)/t22-/m1/s1. The Bertz CT molecular complexity index is 1040. The van der Waals surface area contributed by atoms with Gasteiger partial charge in [0.1, 0.15) is 11.6 Å². The number of nitrogens with zero attached hydrogens (tertiary/aromatic N) is 3. The number of ether oxygens (including phenoxy) is 1. The summed E-state index contributed by atoms with van der Waals surface area (Å²) in [6.07, 6.45) is 8.62. The predicted octanol–water partition coefficient (Wildman–Crippen LogP) is 3.45. The van der Waals surface area contributed by atoms with Gasteiger partial charge in [-0.1, -0.05) is 18.9 Å². The highest BCUT2D eigenvalue weighted by Gasteiger charge is 2.33. The smallest absolute Gasteiger partial charge is 0.254 e. The summed E-state index contributed by atoms with van der Waals surface area (Å²) in [6, 6.07) is 7.68. The molecule has 1 N–H and O–H groups in total. The van der Waals surface area contributed by atoms with Crippen LogP contribution in [0.4, 0.5) is 0 Å². The second-order valence-electron chi connectivity index (χ2n) is 9.28. The topological polar surface area (TPSA) is 78.5 Å². The third-order valence-corrected chi connectivity index (χ3v) is 7.36. The molecule has 1 atom stereocenters. The largest absolute Gasteiger partial charge is 0.497 e. The number of carbonyl (C=O) groups is 1. The number of H-pyrrole nitrogens is 1. The first-order chi connectivity index (χ1) is 15.6. The van der Waals surface area contributed by atoms with Crippen LogP contribution in [-0.2, 0) is 13.0 Å². The Morgan fingerprint density at radius 1 is 1.12 bits per heavy atom. The van der Waals surface area contributed by atoms with Gasteiger partial charge in [-0.2, -0.15) is 0 Å². The molecular formula is C25H32N4O3. The Balaban J connectivity index is 1.43. The number of hydrogen-bond acceptors (Lipinski definition) is 5. The van der Waals surface area contributed by atoms with Gasteiger partial charge in [-0.25, -0.2) is 4.98 Å². The molecular weight excluding hydrogens is 404 g/mol. The van der Waals surface area contributed by atoms with Crippen LogP contribution in [0.3, 0.4) is 0 Å². The third kappa shape index (κ3) is 4.06. The lowest BCUT2D eigenvalue weighted by Crippen LogP contribution is -2.43. The Kier molecular flexibility index (Phi) is 6.00. The SMILES string of the molecule is COc1cccc(C(=O)N2CCCC[C@@H]2c2nc3c(c(=O)[nH]2)CCN(C2CCCC2)C3)c1. The molecule has 2 aromatic rings. The molecule has 7 heteroatoms. The van der Waals surface area contributed by atoms with E-state index in [1.807, 2.05) is 23.1 Å². The van der Waals surface area contributed by atoms with E-state index in [9.17, 15) is 9.59 Å². The monoisotopic (exact) mass is 436 g/mol. The van der Waals surface area contributed by atoms with Crippen LogP contribution in [0.25, 0.3) is 0 Å². The van der Waals surface area contributed by atoms with Gasteiger partial charge in [0.15, 0.2) is 0 Å². The maximum absolute atomic E-state index is 13.4. The van der Waals surface area contributed by atoms with Crippen molar-refractivity contribution >= 4 is 5.91 Å². The molecule has 0 radical (unpaired) electrons. The minimum absolute atomic E-state index is 0.0320. The Labute approximate surface area is 188 Å². The molecule has 1 amide bonds. The van der Waals surface area contributed by atoms with E-state index in [-0.39, 0.29) is 17.5 Å². The molecule has 32 heavy (non-hydrogen) atoms. The highest BCUT2D eigenvalue weighted by molar-refractivity contribution is 5.95. The summed E-state index contributed by atoms with van der Waals surface area (Å²) in [5.41, 5.74) is 2.30. The third-order valence-electron chi connectivity index (χ3n) is 7.36.